The summed E-state index contributed by atoms with van der Waals surface area (Å²) in [5.74, 6) is -2.00. The molecule has 0 saturated carbocycles. The quantitative estimate of drug-likeness (QED) is 0.410. The van der Waals surface area contributed by atoms with Gasteiger partial charge in [-0.15, -0.1) is 11.6 Å². The number of esters is 1. The SMILES string of the molecule is Cc1ccnc(NC(=O)NS(=O)(=O)c2cc(NC(=O)CCl)ccc2C(=O)OC(C)C)n1. The van der Waals surface area contributed by atoms with Gasteiger partial charge in [0.1, 0.15) is 10.8 Å². The average molecular weight is 470 g/mol. The van der Waals surface area contributed by atoms with Gasteiger partial charge in [-0.2, -0.15) is 0 Å². The van der Waals surface area contributed by atoms with Crippen molar-refractivity contribution in [3.05, 3.63) is 41.7 Å². The number of hydrogen-bond acceptors (Lipinski definition) is 8. The summed E-state index contributed by atoms with van der Waals surface area (Å²) in [7, 11) is -4.57. The van der Waals surface area contributed by atoms with Crippen molar-refractivity contribution in [3.8, 4) is 0 Å². The lowest BCUT2D eigenvalue weighted by atomic mass is 10.2. The van der Waals surface area contributed by atoms with Crippen molar-refractivity contribution in [1.29, 1.82) is 0 Å². The maximum atomic E-state index is 12.9. The first-order chi connectivity index (χ1) is 14.5. The molecular formula is C18H20ClN5O6S. The Morgan fingerprint density at radius 2 is 1.87 bits per heavy atom. The fraction of sp³-hybridized carbons (Fsp3) is 0.278. The maximum Gasteiger partial charge on any atom is 0.339 e. The summed E-state index contributed by atoms with van der Waals surface area (Å²) in [5.41, 5.74) is 0.272. The van der Waals surface area contributed by atoms with Crippen LogP contribution >= 0.6 is 11.6 Å². The van der Waals surface area contributed by atoms with E-state index in [0.29, 0.717) is 5.69 Å². The average Bonchev–Trinajstić information content (AvgIpc) is 2.66. The second kappa shape index (κ2) is 10.2. The molecule has 0 spiro atoms. The van der Waals surface area contributed by atoms with E-state index in [9.17, 15) is 22.8 Å². The third-order valence-electron chi connectivity index (χ3n) is 3.49. The van der Waals surface area contributed by atoms with Crippen LogP contribution in [-0.4, -0.2) is 48.3 Å². The van der Waals surface area contributed by atoms with Crippen molar-refractivity contribution in [1.82, 2.24) is 14.7 Å². The third-order valence-corrected chi connectivity index (χ3v) is 5.10. The highest BCUT2D eigenvalue weighted by molar-refractivity contribution is 7.90. The van der Waals surface area contributed by atoms with Gasteiger partial charge in [-0.05, 0) is 45.0 Å². The van der Waals surface area contributed by atoms with E-state index < -0.39 is 38.9 Å². The minimum atomic E-state index is -4.57. The zero-order chi connectivity index (χ0) is 23.2. The molecule has 0 bridgehead atoms. The van der Waals surface area contributed by atoms with E-state index in [4.69, 9.17) is 16.3 Å². The number of aromatic nitrogens is 2. The molecule has 11 nitrogen and oxygen atoms in total. The molecule has 0 aliphatic rings. The number of sulfonamides is 1. The molecule has 166 valence electrons. The highest BCUT2D eigenvalue weighted by atomic mass is 35.5. The van der Waals surface area contributed by atoms with E-state index in [1.807, 2.05) is 0 Å². The van der Waals surface area contributed by atoms with Gasteiger partial charge in [0.15, 0.2) is 0 Å². The summed E-state index contributed by atoms with van der Waals surface area (Å²) in [5, 5.41) is 4.57. The number of amides is 3. The van der Waals surface area contributed by atoms with Gasteiger partial charge in [-0.25, -0.2) is 32.7 Å². The number of anilines is 2. The van der Waals surface area contributed by atoms with E-state index >= 15 is 0 Å². The molecule has 0 radical (unpaired) electrons. The fourth-order valence-corrected chi connectivity index (χ4v) is 3.47. The zero-order valence-corrected chi connectivity index (χ0v) is 18.4. The number of hydrogen-bond donors (Lipinski definition) is 3. The highest BCUT2D eigenvalue weighted by Crippen LogP contribution is 2.22. The molecule has 0 aliphatic carbocycles. The lowest BCUT2D eigenvalue weighted by molar-refractivity contribution is -0.113. The first-order valence-corrected chi connectivity index (χ1v) is 10.9. The Kier molecular flexibility index (Phi) is 7.89. The van der Waals surface area contributed by atoms with Crippen LogP contribution in [0.4, 0.5) is 16.4 Å². The maximum absolute atomic E-state index is 12.9. The topological polar surface area (TPSA) is 156 Å². The van der Waals surface area contributed by atoms with Crippen LogP contribution in [0.3, 0.4) is 0 Å². The van der Waals surface area contributed by atoms with Gasteiger partial charge < -0.3 is 10.1 Å². The second-order valence-corrected chi connectivity index (χ2v) is 8.35. The highest BCUT2D eigenvalue weighted by Gasteiger charge is 2.27. The van der Waals surface area contributed by atoms with Crippen molar-refractivity contribution in [2.24, 2.45) is 0 Å². The summed E-state index contributed by atoms with van der Waals surface area (Å²) >= 11 is 5.45. The monoisotopic (exact) mass is 469 g/mol. The van der Waals surface area contributed by atoms with Crippen LogP contribution < -0.4 is 15.4 Å². The lowest BCUT2D eigenvalue weighted by Crippen LogP contribution is -2.36. The molecule has 13 heteroatoms. The van der Waals surface area contributed by atoms with Gasteiger partial charge in [0, 0.05) is 17.6 Å². The van der Waals surface area contributed by atoms with Crippen LogP contribution in [0.15, 0.2) is 35.4 Å². The van der Waals surface area contributed by atoms with Gasteiger partial charge in [0.25, 0.3) is 10.0 Å². The number of carbonyl (C=O) groups excluding carboxylic acids is 3. The Labute approximate surface area is 183 Å². The van der Waals surface area contributed by atoms with E-state index in [0.717, 1.165) is 12.1 Å². The van der Waals surface area contributed by atoms with E-state index in [1.165, 1.54) is 12.3 Å². The Balaban J connectivity index is 2.37. The third kappa shape index (κ3) is 6.89. The molecule has 0 atom stereocenters. The standard InChI is InChI=1S/C18H20ClN5O6S/c1-10(2)30-16(26)13-5-4-12(22-15(25)9-19)8-14(13)31(28,29)24-18(27)23-17-20-7-6-11(3)21-17/h4-8,10H,9H2,1-3H3,(H,22,25)(H2,20,21,23,24,27). The molecule has 1 aromatic heterocycles. The van der Waals surface area contributed by atoms with Gasteiger partial charge in [-0.1, -0.05) is 0 Å². The minimum absolute atomic E-state index is 0.0505. The molecule has 3 N–H and O–H groups in total. The molecule has 1 aromatic carbocycles. The summed E-state index contributed by atoms with van der Waals surface area (Å²) < 4.78 is 32.6. The van der Waals surface area contributed by atoms with Crippen molar-refractivity contribution in [2.75, 3.05) is 16.5 Å². The molecule has 3 amide bonds. The van der Waals surface area contributed by atoms with Crippen molar-refractivity contribution >= 4 is 51.2 Å². The molecule has 0 saturated heterocycles. The van der Waals surface area contributed by atoms with E-state index in [2.05, 4.69) is 20.6 Å². The van der Waals surface area contributed by atoms with Crippen LogP contribution in [0.25, 0.3) is 0 Å². The van der Waals surface area contributed by atoms with Crippen molar-refractivity contribution in [3.63, 3.8) is 0 Å². The largest absolute Gasteiger partial charge is 0.459 e. The summed E-state index contributed by atoms with van der Waals surface area (Å²) in [6, 6.07) is 3.92. The molecule has 0 unspecified atom stereocenters. The van der Waals surface area contributed by atoms with Crippen LogP contribution in [0.5, 0.6) is 0 Å². The Morgan fingerprint density at radius 3 is 2.48 bits per heavy atom. The predicted molar refractivity (Wildman–Crippen MR) is 112 cm³/mol. The van der Waals surface area contributed by atoms with Crippen molar-refractivity contribution in [2.45, 2.75) is 31.8 Å². The van der Waals surface area contributed by atoms with Gasteiger partial charge >= 0.3 is 12.0 Å². The number of nitrogens with zero attached hydrogens (tertiary/aromatic N) is 2. The summed E-state index contributed by atoms with van der Waals surface area (Å²) in [4.78, 5) is 43.3. The fourth-order valence-electron chi connectivity index (χ4n) is 2.28. The van der Waals surface area contributed by atoms with Crippen LogP contribution in [-0.2, 0) is 19.6 Å². The number of carbonyl (C=O) groups is 3. The Hall–Kier alpha value is -3.25. The van der Waals surface area contributed by atoms with Crippen LogP contribution in [0.1, 0.15) is 29.9 Å². The first-order valence-electron chi connectivity index (χ1n) is 8.86. The molecule has 0 fully saturated rings. The number of ether oxygens (including phenoxy) is 1. The molecule has 2 rings (SSSR count). The molecule has 2 aromatic rings. The number of aryl methyl sites for hydroxylation is 1. The number of benzene rings is 1. The second-order valence-electron chi connectivity index (χ2n) is 6.43. The normalized spacial score (nSPS) is 11.0. The zero-order valence-electron chi connectivity index (χ0n) is 16.8. The van der Waals surface area contributed by atoms with E-state index in [1.54, 1.807) is 31.6 Å². The lowest BCUT2D eigenvalue weighted by Gasteiger charge is -2.14. The van der Waals surface area contributed by atoms with Gasteiger partial charge in [0.05, 0.1) is 11.7 Å². The molecule has 1 heterocycles. The summed E-state index contributed by atoms with van der Waals surface area (Å²) in [6.07, 6.45) is 0.864. The number of rotatable bonds is 7. The predicted octanol–water partition coefficient (Wildman–Crippen LogP) is 2.04. The Bertz CT molecular complexity index is 1110. The van der Waals surface area contributed by atoms with Crippen LogP contribution in [0.2, 0.25) is 0 Å². The number of alkyl halides is 1. The van der Waals surface area contributed by atoms with Crippen molar-refractivity contribution < 1.29 is 27.5 Å². The van der Waals surface area contributed by atoms with Gasteiger partial charge in [-0.3, -0.25) is 10.1 Å². The molecule has 0 aliphatic heterocycles. The van der Waals surface area contributed by atoms with E-state index in [-0.39, 0.29) is 23.1 Å². The first kappa shape index (κ1) is 24.0. The van der Waals surface area contributed by atoms with Crippen LogP contribution in [0, 0.1) is 6.92 Å². The Morgan fingerprint density at radius 1 is 1.16 bits per heavy atom. The number of halogens is 1. The smallest absolute Gasteiger partial charge is 0.339 e. The summed E-state index contributed by atoms with van der Waals surface area (Å²) in [6.45, 7) is 4.85. The number of nitrogens with one attached hydrogen (secondary N) is 3. The molecule has 31 heavy (non-hydrogen) atoms. The van der Waals surface area contributed by atoms with Gasteiger partial charge in [0.2, 0.25) is 11.9 Å². The minimum Gasteiger partial charge on any atom is -0.459 e. The molecular weight excluding hydrogens is 450 g/mol. The number of urea groups is 1.